The highest BCUT2D eigenvalue weighted by molar-refractivity contribution is 5.98. The molecule has 178 valence electrons. The second-order valence-corrected chi connectivity index (χ2v) is 7.27. The lowest BCUT2D eigenvalue weighted by atomic mass is 9.96. The number of amides is 1. The van der Waals surface area contributed by atoms with Crippen molar-refractivity contribution in [1.29, 1.82) is 0 Å². The van der Waals surface area contributed by atoms with Gasteiger partial charge in [0.1, 0.15) is 18.0 Å². The second-order valence-electron chi connectivity index (χ2n) is 7.27. The maximum atomic E-state index is 13.1. The van der Waals surface area contributed by atoms with Crippen LogP contribution < -0.4 is 14.8 Å². The standard InChI is InChI=1S/C23H27FN2O7/c1-13(17-6-8-18(24)9-7-17)15(3)33-23(29)14(2)26-22(28)20-21(32-12-31-16(4)27)19(30-5)10-11-25-20/h6-11,13-15H,12H2,1-5H3,(H,26,28)/t13-,14-,15+/m0/s1. The van der Waals surface area contributed by atoms with Crippen molar-refractivity contribution < 1.29 is 37.7 Å². The van der Waals surface area contributed by atoms with Crippen molar-refractivity contribution in [3.63, 3.8) is 0 Å². The molecule has 1 aromatic carbocycles. The third-order valence-corrected chi connectivity index (χ3v) is 4.87. The fourth-order valence-corrected chi connectivity index (χ4v) is 2.81. The highest BCUT2D eigenvalue weighted by Gasteiger charge is 2.26. The van der Waals surface area contributed by atoms with Crippen LogP contribution in [0.25, 0.3) is 0 Å². The summed E-state index contributed by atoms with van der Waals surface area (Å²) >= 11 is 0. The van der Waals surface area contributed by atoms with Gasteiger partial charge in [-0.2, -0.15) is 0 Å². The van der Waals surface area contributed by atoms with E-state index in [0.29, 0.717) is 0 Å². The minimum Gasteiger partial charge on any atom is -0.493 e. The Morgan fingerprint density at radius 3 is 2.36 bits per heavy atom. The number of nitrogens with one attached hydrogen (secondary N) is 1. The van der Waals surface area contributed by atoms with Gasteiger partial charge in [0.2, 0.25) is 6.79 Å². The average molecular weight is 462 g/mol. The summed E-state index contributed by atoms with van der Waals surface area (Å²) in [6.07, 6.45) is 0.807. The number of aromatic nitrogens is 1. The maximum Gasteiger partial charge on any atom is 0.328 e. The van der Waals surface area contributed by atoms with Gasteiger partial charge in [-0.25, -0.2) is 14.2 Å². The zero-order valence-electron chi connectivity index (χ0n) is 19.1. The van der Waals surface area contributed by atoms with Gasteiger partial charge in [0.25, 0.3) is 5.91 Å². The van der Waals surface area contributed by atoms with Crippen molar-refractivity contribution in [3.8, 4) is 11.5 Å². The molecule has 0 saturated heterocycles. The van der Waals surface area contributed by atoms with E-state index in [9.17, 15) is 18.8 Å². The summed E-state index contributed by atoms with van der Waals surface area (Å²) in [6.45, 7) is 5.79. The molecule has 0 aliphatic rings. The molecule has 0 fully saturated rings. The predicted octanol–water partition coefficient (Wildman–Crippen LogP) is 2.98. The van der Waals surface area contributed by atoms with E-state index < -0.39 is 36.8 Å². The molecule has 0 bridgehead atoms. The van der Waals surface area contributed by atoms with Crippen LogP contribution in [-0.4, -0.2) is 48.9 Å². The monoisotopic (exact) mass is 462 g/mol. The van der Waals surface area contributed by atoms with E-state index in [0.717, 1.165) is 5.56 Å². The number of hydrogen-bond acceptors (Lipinski definition) is 8. The van der Waals surface area contributed by atoms with Gasteiger partial charge in [0.05, 0.1) is 7.11 Å². The molecule has 0 saturated carbocycles. The number of methoxy groups -OCH3 is 1. The summed E-state index contributed by atoms with van der Waals surface area (Å²) in [5.41, 5.74) is 0.650. The number of carbonyl (C=O) groups excluding carboxylic acids is 3. The van der Waals surface area contributed by atoms with Gasteiger partial charge in [-0.15, -0.1) is 0 Å². The number of rotatable bonds is 10. The lowest BCUT2D eigenvalue weighted by Gasteiger charge is -2.23. The number of nitrogens with zero attached hydrogens (tertiary/aromatic N) is 1. The summed E-state index contributed by atoms with van der Waals surface area (Å²) in [5.74, 6) is -2.33. The first kappa shape index (κ1) is 25.6. The van der Waals surface area contributed by atoms with Crippen LogP contribution in [0.15, 0.2) is 36.5 Å². The Hall–Kier alpha value is -3.69. The maximum absolute atomic E-state index is 13.1. The van der Waals surface area contributed by atoms with Gasteiger partial charge >= 0.3 is 11.9 Å². The number of halogens is 1. The van der Waals surface area contributed by atoms with E-state index in [1.54, 1.807) is 19.1 Å². The van der Waals surface area contributed by atoms with Gasteiger partial charge < -0.3 is 24.3 Å². The van der Waals surface area contributed by atoms with Gasteiger partial charge in [-0.3, -0.25) is 9.59 Å². The Morgan fingerprint density at radius 1 is 1.09 bits per heavy atom. The molecule has 1 aromatic heterocycles. The molecular weight excluding hydrogens is 435 g/mol. The van der Waals surface area contributed by atoms with Crippen LogP contribution in [-0.2, 0) is 19.1 Å². The predicted molar refractivity (Wildman–Crippen MR) is 115 cm³/mol. The topological polar surface area (TPSA) is 113 Å². The minimum absolute atomic E-state index is 0.0439. The molecule has 9 nitrogen and oxygen atoms in total. The second kappa shape index (κ2) is 11.8. The largest absolute Gasteiger partial charge is 0.493 e. The van der Waals surface area contributed by atoms with Crippen LogP contribution in [0.3, 0.4) is 0 Å². The third-order valence-electron chi connectivity index (χ3n) is 4.87. The van der Waals surface area contributed by atoms with Crippen LogP contribution in [0.4, 0.5) is 4.39 Å². The zero-order chi connectivity index (χ0) is 24.5. The number of esters is 2. The number of ether oxygens (including phenoxy) is 4. The van der Waals surface area contributed by atoms with Gasteiger partial charge in [0, 0.05) is 25.1 Å². The average Bonchev–Trinajstić information content (AvgIpc) is 2.78. The summed E-state index contributed by atoms with van der Waals surface area (Å²) in [5, 5.41) is 2.51. The zero-order valence-corrected chi connectivity index (χ0v) is 19.1. The van der Waals surface area contributed by atoms with Crippen LogP contribution in [0.2, 0.25) is 0 Å². The molecule has 10 heteroatoms. The SMILES string of the molecule is COc1ccnc(C(=O)N[C@@H](C)C(=O)O[C@H](C)[C@H](C)c2ccc(F)cc2)c1OCOC(C)=O. The van der Waals surface area contributed by atoms with Gasteiger partial charge in [-0.1, -0.05) is 19.1 Å². The van der Waals surface area contributed by atoms with E-state index >= 15 is 0 Å². The normalized spacial score (nSPS) is 13.3. The van der Waals surface area contributed by atoms with Crippen molar-refractivity contribution >= 4 is 17.8 Å². The molecule has 0 radical (unpaired) electrons. The minimum atomic E-state index is -1.00. The molecule has 1 amide bonds. The van der Waals surface area contributed by atoms with Crippen LogP contribution in [0.5, 0.6) is 11.5 Å². The van der Waals surface area contributed by atoms with Crippen LogP contribution in [0.1, 0.15) is 49.7 Å². The summed E-state index contributed by atoms with van der Waals surface area (Å²) in [4.78, 5) is 40.3. The fraction of sp³-hybridized carbons (Fsp3) is 0.391. The van der Waals surface area contributed by atoms with E-state index in [1.807, 2.05) is 6.92 Å². The molecule has 1 heterocycles. The molecule has 2 aromatic rings. The highest BCUT2D eigenvalue weighted by atomic mass is 19.1. The smallest absolute Gasteiger partial charge is 0.328 e. The van der Waals surface area contributed by atoms with E-state index in [-0.39, 0.29) is 28.9 Å². The number of hydrogen-bond donors (Lipinski definition) is 1. The lowest BCUT2D eigenvalue weighted by Crippen LogP contribution is -2.41. The summed E-state index contributed by atoms with van der Waals surface area (Å²) in [7, 11) is 1.37. The highest BCUT2D eigenvalue weighted by Crippen LogP contribution is 2.29. The first-order valence-electron chi connectivity index (χ1n) is 10.2. The third kappa shape index (κ3) is 7.16. The Balaban J connectivity index is 2.04. The van der Waals surface area contributed by atoms with Crippen molar-refractivity contribution in [1.82, 2.24) is 10.3 Å². The molecule has 1 N–H and O–H groups in total. The fourth-order valence-electron chi connectivity index (χ4n) is 2.81. The van der Waals surface area contributed by atoms with Crippen molar-refractivity contribution in [2.45, 2.75) is 45.8 Å². The quantitative estimate of drug-likeness (QED) is 0.424. The first-order chi connectivity index (χ1) is 15.6. The Kier molecular flexibility index (Phi) is 9.14. The Bertz CT molecular complexity index is 981. The van der Waals surface area contributed by atoms with E-state index in [1.165, 1.54) is 45.4 Å². The van der Waals surface area contributed by atoms with E-state index in [2.05, 4.69) is 10.3 Å². The van der Waals surface area contributed by atoms with Gasteiger partial charge in [0.15, 0.2) is 17.2 Å². The molecule has 0 aliphatic heterocycles. The van der Waals surface area contributed by atoms with Gasteiger partial charge in [-0.05, 0) is 31.5 Å². The molecular formula is C23H27FN2O7. The Morgan fingerprint density at radius 2 is 1.76 bits per heavy atom. The molecule has 2 rings (SSSR count). The molecule has 0 unspecified atom stereocenters. The van der Waals surface area contributed by atoms with Crippen molar-refractivity contribution in [2.75, 3.05) is 13.9 Å². The van der Waals surface area contributed by atoms with Crippen LogP contribution >= 0.6 is 0 Å². The molecule has 3 atom stereocenters. The summed E-state index contributed by atoms with van der Waals surface area (Å²) < 4.78 is 33.9. The number of pyridine rings is 1. The van der Waals surface area contributed by atoms with Crippen LogP contribution in [0, 0.1) is 5.82 Å². The first-order valence-corrected chi connectivity index (χ1v) is 10.2. The lowest BCUT2D eigenvalue weighted by molar-refractivity contribution is -0.151. The van der Waals surface area contributed by atoms with Crippen molar-refractivity contribution in [2.24, 2.45) is 0 Å². The van der Waals surface area contributed by atoms with Crippen molar-refractivity contribution in [3.05, 3.63) is 53.6 Å². The number of carbonyl (C=O) groups is 3. The Labute approximate surface area is 191 Å². The summed E-state index contributed by atoms with van der Waals surface area (Å²) in [6, 6.07) is 6.39. The van der Waals surface area contributed by atoms with E-state index in [4.69, 9.17) is 18.9 Å². The molecule has 33 heavy (non-hydrogen) atoms. The number of benzene rings is 1. The molecule has 0 spiro atoms. The molecule has 0 aliphatic carbocycles.